The van der Waals surface area contributed by atoms with Gasteiger partial charge >= 0.3 is 0 Å². The Balaban J connectivity index is 2.03. The zero-order chi connectivity index (χ0) is 12.3. The molecule has 0 aromatic heterocycles. The largest absolute Gasteiger partial charge is 0.377 e. The van der Waals surface area contributed by atoms with E-state index in [2.05, 4.69) is 13.0 Å². The number of benzene rings is 1. The lowest BCUT2D eigenvalue weighted by Crippen LogP contribution is -2.13. The van der Waals surface area contributed by atoms with Gasteiger partial charge in [-0.15, -0.1) is 0 Å². The van der Waals surface area contributed by atoms with Gasteiger partial charge in [-0.3, -0.25) is 0 Å². The first kappa shape index (κ1) is 12.4. The van der Waals surface area contributed by atoms with Crippen LogP contribution in [-0.4, -0.2) is 18.0 Å². The SMILES string of the molecule is CC1OCCC1SCc1cc(F)ccc1C#N. The predicted molar refractivity (Wildman–Crippen MR) is 66.2 cm³/mol. The Labute approximate surface area is 105 Å². The molecular formula is C13H14FNOS. The van der Waals surface area contributed by atoms with Gasteiger partial charge in [0.2, 0.25) is 0 Å². The molecule has 0 spiro atoms. The van der Waals surface area contributed by atoms with E-state index in [1.807, 2.05) is 0 Å². The van der Waals surface area contributed by atoms with Crippen molar-refractivity contribution in [1.82, 2.24) is 0 Å². The Kier molecular flexibility index (Phi) is 4.03. The number of nitriles is 1. The Bertz CT molecular complexity index is 444. The maximum atomic E-state index is 13.1. The minimum Gasteiger partial charge on any atom is -0.377 e. The van der Waals surface area contributed by atoms with Crippen molar-refractivity contribution in [3.8, 4) is 6.07 Å². The fraction of sp³-hybridized carbons (Fsp3) is 0.462. The average molecular weight is 251 g/mol. The molecule has 0 aliphatic carbocycles. The van der Waals surface area contributed by atoms with E-state index in [0.29, 0.717) is 16.6 Å². The molecule has 1 heterocycles. The molecule has 90 valence electrons. The molecule has 0 amide bonds. The van der Waals surface area contributed by atoms with Crippen molar-refractivity contribution in [3.63, 3.8) is 0 Å². The number of rotatable bonds is 3. The monoisotopic (exact) mass is 251 g/mol. The first-order valence-electron chi connectivity index (χ1n) is 5.62. The molecule has 17 heavy (non-hydrogen) atoms. The summed E-state index contributed by atoms with van der Waals surface area (Å²) in [7, 11) is 0. The second kappa shape index (κ2) is 5.52. The van der Waals surface area contributed by atoms with E-state index in [9.17, 15) is 4.39 Å². The van der Waals surface area contributed by atoms with Crippen molar-refractivity contribution in [3.05, 3.63) is 35.1 Å². The lowest BCUT2D eigenvalue weighted by molar-refractivity contribution is 0.127. The van der Waals surface area contributed by atoms with Gasteiger partial charge in [-0.25, -0.2) is 4.39 Å². The lowest BCUT2D eigenvalue weighted by atomic mass is 10.1. The molecule has 0 radical (unpaired) electrons. The van der Waals surface area contributed by atoms with Crippen LogP contribution in [0.4, 0.5) is 4.39 Å². The van der Waals surface area contributed by atoms with Gasteiger partial charge in [0.05, 0.1) is 17.7 Å². The molecule has 4 heteroatoms. The summed E-state index contributed by atoms with van der Waals surface area (Å²) >= 11 is 1.74. The predicted octanol–water partition coefficient (Wildman–Crippen LogP) is 3.11. The Morgan fingerprint density at radius 1 is 1.59 bits per heavy atom. The molecule has 1 fully saturated rings. The zero-order valence-electron chi connectivity index (χ0n) is 9.65. The Hall–Kier alpha value is -1.05. The lowest BCUT2D eigenvalue weighted by Gasteiger charge is -2.13. The molecule has 2 nitrogen and oxygen atoms in total. The molecule has 2 rings (SSSR count). The smallest absolute Gasteiger partial charge is 0.123 e. The molecule has 1 aliphatic rings. The summed E-state index contributed by atoms with van der Waals surface area (Å²) in [6, 6.07) is 6.42. The van der Waals surface area contributed by atoms with Gasteiger partial charge in [-0.05, 0) is 37.1 Å². The molecule has 2 unspecified atom stereocenters. The number of thioether (sulfide) groups is 1. The maximum absolute atomic E-state index is 13.1. The highest BCUT2D eigenvalue weighted by Crippen LogP contribution is 2.29. The van der Waals surface area contributed by atoms with E-state index < -0.39 is 0 Å². The summed E-state index contributed by atoms with van der Waals surface area (Å²) in [4.78, 5) is 0. The Morgan fingerprint density at radius 2 is 2.41 bits per heavy atom. The highest BCUT2D eigenvalue weighted by Gasteiger charge is 2.24. The quantitative estimate of drug-likeness (QED) is 0.827. The second-order valence-corrected chi connectivity index (χ2v) is 5.35. The minimum absolute atomic E-state index is 0.249. The van der Waals surface area contributed by atoms with E-state index in [4.69, 9.17) is 10.00 Å². The molecule has 0 saturated carbocycles. The van der Waals surface area contributed by atoms with Crippen LogP contribution in [0.5, 0.6) is 0 Å². The van der Waals surface area contributed by atoms with Crippen LogP contribution in [0.2, 0.25) is 0 Å². The van der Waals surface area contributed by atoms with Crippen molar-refractivity contribution in [1.29, 1.82) is 5.26 Å². The molecule has 1 aliphatic heterocycles. The third-order valence-electron chi connectivity index (χ3n) is 2.95. The van der Waals surface area contributed by atoms with Gasteiger partial charge < -0.3 is 4.74 Å². The van der Waals surface area contributed by atoms with Crippen LogP contribution in [0.15, 0.2) is 18.2 Å². The van der Waals surface area contributed by atoms with Gasteiger partial charge in [0, 0.05) is 17.6 Å². The van der Waals surface area contributed by atoms with Crippen LogP contribution in [0.25, 0.3) is 0 Å². The van der Waals surface area contributed by atoms with Crippen molar-refractivity contribution in [2.75, 3.05) is 6.61 Å². The van der Waals surface area contributed by atoms with E-state index >= 15 is 0 Å². The molecule has 1 aromatic carbocycles. The van der Waals surface area contributed by atoms with Crippen LogP contribution in [0, 0.1) is 17.1 Å². The highest BCUT2D eigenvalue weighted by atomic mass is 32.2. The average Bonchev–Trinajstić information content (AvgIpc) is 2.72. The number of ether oxygens (including phenoxy) is 1. The molecule has 0 bridgehead atoms. The molecule has 0 N–H and O–H groups in total. The minimum atomic E-state index is -0.282. The van der Waals surface area contributed by atoms with Gasteiger partial charge in [-0.1, -0.05) is 0 Å². The van der Waals surface area contributed by atoms with Gasteiger partial charge in [0.15, 0.2) is 0 Å². The maximum Gasteiger partial charge on any atom is 0.123 e. The summed E-state index contributed by atoms with van der Waals surface area (Å²) < 4.78 is 18.6. The number of hydrogen-bond donors (Lipinski definition) is 0. The van der Waals surface area contributed by atoms with Crippen LogP contribution < -0.4 is 0 Å². The number of nitrogens with zero attached hydrogens (tertiary/aromatic N) is 1. The van der Waals surface area contributed by atoms with Gasteiger partial charge in [-0.2, -0.15) is 17.0 Å². The second-order valence-electron chi connectivity index (χ2n) is 4.13. The fourth-order valence-corrected chi connectivity index (χ4v) is 3.16. The summed E-state index contributed by atoms with van der Waals surface area (Å²) in [6.45, 7) is 2.86. The molecular weight excluding hydrogens is 237 g/mol. The summed E-state index contributed by atoms with van der Waals surface area (Å²) in [5.41, 5.74) is 1.34. The van der Waals surface area contributed by atoms with Gasteiger partial charge in [0.25, 0.3) is 0 Å². The molecule has 1 aromatic rings. The van der Waals surface area contributed by atoms with Crippen LogP contribution >= 0.6 is 11.8 Å². The third-order valence-corrected chi connectivity index (χ3v) is 4.47. The van der Waals surface area contributed by atoms with Crippen LogP contribution in [0.1, 0.15) is 24.5 Å². The zero-order valence-corrected chi connectivity index (χ0v) is 10.5. The standard InChI is InChI=1S/C13H14FNOS/c1-9-13(4-5-16-9)17-8-11-6-12(14)3-2-10(11)7-15/h2-3,6,9,13H,4-5,8H2,1H3. The van der Waals surface area contributed by atoms with Crippen molar-refractivity contribution < 1.29 is 9.13 Å². The fourth-order valence-electron chi connectivity index (χ4n) is 1.92. The van der Waals surface area contributed by atoms with Crippen LogP contribution in [0.3, 0.4) is 0 Å². The van der Waals surface area contributed by atoms with E-state index in [-0.39, 0.29) is 11.9 Å². The van der Waals surface area contributed by atoms with Gasteiger partial charge in [0.1, 0.15) is 5.82 Å². The van der Waals surface area contributed by atoms with E-state index in [1.54, 1.807) is 17.8 Å². The topological polar surface area (TPSA) is 33.0 Å². The van der Waals surface area contributed by atoms with E-state index in [1.165, 1.54) is 12.1 Å². The third kappa shape index (κ3) is 2.99. The van der Waals surface area contributed by atoms with Crippen molar-refractivity contribution in [2.24, 2.45) is 0 Å². The number of hydrogen-bond acceptors (Lipinski definition) is 3. The highest BCUT2D eigenvalue weighted by molar-refractivity contribution is 7.99. The Morgan fingerprint density at radius 3 is 3.06 bits per heavy atom. The number of halogens is 1. The van der Waals surface area contributed by atoms with Crippen LogP contribution in [-0.2, 0) is 10.5 Å². The van der Waals surface area contributed by atoms with E-state index in [0.717, 1.165) is 18.6 Å². The first-order chi connectivity index (χ1) is 8.20. The van der Waals surface area contributed by atoms with Crippen molar-refractivity contribution in [2.45, 2.75) is 30.5 Å². The summed E-state index contributed by atoms with van der Waals surface area (Å²) in [5.74, 6) is 0.384. The normalized spacial score (nSPS) is 23.6. The summed E-state index contributed by atoms with van der Waals surface area (Å²) in [6.07, 6.45) is 1.28. The summed E-state index contributed by atoms with van der Waals surface area (Å²) in [5, 5.41) is 9.40. The first-order valence-corrected chi connectivity index (χ1v) is 6.67. The molecule has 2 atom stereocenters. The van der Waals surface area contributed by atoms with Crippen molar-refractivity contribution >= 4 is 11.8 Å². The molecule has 1 saturated heterocycles.